The molecule has 132 valence electrons. The number of nitrogens with zero attached hydrogens (tertiary/aromatic N) is 2. The second-order valence-electron chi connectivity index (χ2n) is 6.35. The molecular weight excluding hydrogens is 359 g/mol. The van der Waals surface area contributed by atoms with Gasteiger partial charge in [-0.1, -0.05) is 23.7 Å². The van der Waals surface area contributed by atoms with E-state index in [2.05, 4.69) is 0 Å². The van der Waals surface area contributed by atoms with Gasteiger partial charge in [0.15, 0.2) is 0 Å². The molecule has 2 heterocycles. The molecule has 4 rings (SSSR count). The molecule has 7 heteroatoms. The number of hydrogen-bond acceptors (Lipinski definition) is 3. The van der Waals surface area contributed by atoms with Crippen LogP contribution in [0.5, 0.6) is 0 Å². The van der Waals surface area contributed by atoms with Gasteiger partial charge in [0.1, 0.15) is 5.82 Å². The van der Waals surface area contributed by atoms with Crippen molar-refractivity contribution >= 4 is 29.3 Å². The lowest BCUT2D eigenvalue weighted by Crippen LogP contribution is -2.42. The minimum absolute atomic E-state index is 0.217. The molecule has 3 amide bonds. The quantitative estimate of drug-likeness (QED) is 0.761. The molecule has 0 radical (unpaired) electrons. The van der Waals surface area contributed by atoms with Crippen molar-refractivity contribution in [2.75, 3.05) is 13.1 Å². The van der Waals surface area contributed by atoms with Crippen LogP contribution in [0, 0.1) is 5.82 Å². The van der Waals surface area contributed by atoms with Gasteiger partial charge in [0.05, 0.1) is 22.2 Å². The largest absolute Gasteiger partial charge is 0.336 e. The minimum Gasteiger partial charge on any atom is -0.336 e. The van der Waals surface area contributed by atoms with Crippen molar-refractivity contribution in [3.63, 3.8) is 0 Å². The number of benzene rings is 2. The Bertz CT molecular complexity index is 946. The number of hydrogen-bond donors (Lipinski definition) is 0. The summed E-state index contributed by atoms with van der Waals surface area (Å²) in [6.45, 7) is 0.611. The van der Waals surface area contributed by atoms with E-state index in [1.165, 1.54) is 28.0 Å². The highest BCUT2D eigenvalue weighted by atomic mass is 35.5. The van der Waals surface area contributed by atoms with Crippen LogP contribution < -0.4 is 0 Å². The highest BCUT2D eigenvalue weighted by Crippen LogP contribution is 2.32. The van der Waals surface area contributed by atoms with Gasteiger partial charge >= 0.3 is 0 Å². The van der Waals surface area contributed by atoms with Crippen molar-refractivity contribution in [3.8, 4) is 0 Å². The highest BCUT2D eigenvalue weighted by molar-refractivity contribution is 6.37. The fourth-order valence-corrected chi connectivity index (χ4v) is 3.79. The third-order valence-corrected chi connectivity index (χ3v) is 5.10. The zero-order valence-corrected chi connectivity index (χ0v) is 14.4. The number of carbonyl (C=O) groups excluding carboxylic acids is 3. The topological polar surface area (TPSA) is 57.7 Å². The van der Waals surface area contributed by atoms with E-state index in [-0.39, 0.29) is 34.2 Å². The van der Waals surface area contributed by atoms with E-state index in [1.54, 1.807) is 24.3 Å². The SMILES string of the molecule is O=C(c1cccc(F)c1)N1CCC(N2C(=O)c3cccc(Cl)c3C2=O)C1. The first-order chi connectivity index (χ1) is 12.5. The van der Waals surface area contributed by atoms with E-state index < -0.39 is 23.7 Å². The zero-order chi connectivity index (χ0) is 18.4. The van der Waals surface area contributed by atoms with Gasteiger partial charge in [-0.3, -0.25) is 19.3 Å². The molecule has 1 fully saturated rings. The maximum Gasteiger partial charge on any atom is 0.263 e. The van der Waals surface area contributed by atoms with Gasteiger partial charge in [-0.2, -0.15) is 0 Å². The van der Waals surface area contributed by atoms with Crippen LogP contribution in [-0.2, 0) is 0 Å². The number of imide groups is 1. The van der Waals surface area contributed by atoms with Gasteiger partial charge in [0.2, 0.25) is 0 Å². The number of carbonyl (C=O) groups is 3. The third kappa shape index (κ3) is 2.57. The second-order valence-corrected chi connectivity index (χ2v) is 6.75. The molecule has 1 atom stereocenters. The summed E-state index contributed by atoms with van der Waals surface area (Å²) in [5.41, 5.74) is 0.752. The van der Waals surface area contributed by atoms with Crippen LogP contribution >= 0.6 is 11.6 Å². The van der Waals surface area contributed by atoms with Crippen LogP contribution in [0.15, 0.2) is 42.5 Å². The Morgan fingerprint density at radius 2 is 1.88 bits per heavy atom. The molecule has 2 aliphatic heterocycles. The van der Waals surface area contributed by atoms with Crippen LogP contribution in [0.1, 0.15) is 37.5 Å². The molecule has 2 aliphatic rings. The van der Waals surface area contributed by atoms with E-state index in [0.717, 1.165) is 0 Å². The zero-order valence-electron chi connectivity index (χ0n) is 13.6. The Balaban J connectivity index is 1.55. The summed E-state index contributed by atoms with van der Waals surface area (Å²) in [4.78, 5) is 40.6. The van der Waals surface area contributed by atoms with Crippen molar-refractivity contribution in [2.45, 2.75) is 12.5 Å². The first kappa shape index (κ1) is 16.7. The second kappa shape index (κ2) is 6.21. The maximum absolute atomic E-state index is 13.3. The van der Waals surface area contributed by atoms with Crippen LogP contribution in [0.4, 0.5) is 4.39 Å². The summed E-state index contributed by atoms with van der Waals surface area (Å²) >= 11 is 6.08. The molecule has 2 aromatic carbocycles. The van der Waals surface area contributed by atoms with Gasteiger partial charge in [0.25, 0.3) is 17.7 Å². The van der Waals surface area contributed by atoms with Gasteiger partial charge < -0.3 is 4.90 Å². The summed E-state index contributed by atoms with van der Waals surface area (Å²) in [6, 6.07) is 9.82. The molecule has 0 spiro atoms. The van der Waals surface area contributed by atoms with Crippen molar-refractivity contribution in [3.05, 3.63) is 70.0 Å². The van der Waals surface area contributed by atoms with Crippen molar-refractivity contribution in [1.82, 2.24) is 9.80 Å². The van der Waals surface area contributed by atoms with Crippen molar-refractivity contribution < 1.29 is 18.8 Å². The fraction of sp³-hybridized carbons (Fsp3) is 0.211. The molecule has 0 aromatic heterocycles. The standard InChI is InChI=1S/C19H14ClFN2O3/c20-15-6-2-5-14-16(15)19(26)23(18(14)25)13-7-8-22(10-13)17(24)11-3-1-4-12(21)9-11/h1-6,9,13H,7-8,10H2. The Labute approximate surface area is 154 Å². The van der Waals surface area contributed by atoms with E-state index in [1.807, 2.05) is 0 Å². The molecule has 0 N–H and O–H groups in total. The summed E-state index contributed by atoms with van der Waals surface area (Å²) in [5.74, 6) is -1.62. The van der Waals surface area contributed by atoms with Crippen LogP contribution in [0.3, 0.4) is 0 Å². The lowest BCUT2D eigenvalue weighted by atomic mass is 10.1. The van der Waals surface area contributed by atoms with Gasteiger partial charge in [-0.25, -0.2) is 4.39 Å². The van der Waals surface area contributed by atoms with E-state index in [4.69, 9.17) is 11.6 Å². The van der Waals surface area contributed by atoms with Crippen LogP contribution in [0.2, 0.25) is 5.02 Å². The smallest absolute Gasteiger partial charge is 0.263 e. The first-order valence-corrected chi connectivity index (χ1v) is 8.56. The molecule has 0 bridgehead atoms. The Morgan fingerprint density at radius 3 is 2.62 bits per heavy atom. The third-order valence-electron chi connectivity index (χ3n) is 4.78. The molecule has 1 unspecified atom stereocenters. The normalized spacial score (nSPS) is 19.2. The van der Waals surface area contributed by atoms with Gasteiger partial charge in [-0.15, -0.1) is 0 Å². The molecule has 1 saturated heterocycles. The molecule has 5 nitrogen and oxygen atoms in total. The maximum atomic E-state index is 13.3. The predicted molar refractivity (Wildman–Crippen MR) is 92.7 cm³/mol. The lowest BCUT2D eigenvalue weighted by Gasteiger charge is -2.22. The summed E-state index contributed by atoms with van der Waals surface area (Å²) in [5, 5.41) is 0.244. The Hall–Kier alpha value is -2.73. The monoisotopic (exact) mass is 372 g/mol. The lowest BCUT2D eigenvalue weighted by molar-refractivity contribution is 0.0575. The molecular formula is C19H14ClFN2O3. The average molecular weight is 373 g/mol. The predicted octanol–water partition coefficient (Wildman–Crippen LogP) is 2.99. The number of amides is 3. The first-order valence-electron chi connectivity index (χ1n) is 8.18. The fourth-order valence-electron chi connectivity index (χ4n) is 3.53. The van der Waals surface area contributed by atoms with Gasteiger partial charge in [0, 0.05) is 18.7 Å². The summed E-state index contributed by atoms with van der Waals surface area (Å²) < 4.78 is 13.3. The minimum atomic E-state index is -0.485. The number of likely N-dealkylation sites (tertiary alicyclic amines) is 1. The van der Waals surface area contributed by atoms with Gasteiger partial charge in [-0.05, 0) is 36.8 Å². The van der Waals surface area contributed by atoms with Crippen molar-refractivity contribution in [1.29, 1.82) is 0 Å². The number of fused-ring (bicyclic) bond motifs is 1. The summed E-state index contributed by atoms with van der Waals surface area (Å²) in [6.07, 6.45) is 0.476. The molecule has 0 saturated carbocycles. The van der Waals surface area contributed by atoms with Crippen LogP contribution in [-0.4, -0.2) is 46.7 Å². The summed E-state index contributed by atoms with van der Waals surface area (Å²) in [7, 11) is 0. The highest BCUT2D eigenvalue weighted by Gasteiger charge is 2.44. The Kier molecular flexibility index (Phi) is 4.00. The van der Waals surface area contributed by atoms with E-state index in [0.29, 0.717) is 13.0 Å². The Morgan fingerprint density at radius 1 is 1.12 bits per heavy atom. The average Bonchev–Trinajstić information content (AvgIpc) is 3.19. The number of halogens is 2. The number of rotatable bonds is 2. The van der Waals surface area contributed by atoms with E-state index in [9.17, 15) is 18.8 Å². The molecule has 2 aromatic rings. The molecule has 26 heavy (non-hydrogen) atoms. The van der Waals surface area contributed by atoms with Crippen molar-refractivity contribution in [2.24, 2.45) is 0 Å². The van der Waals surface area contributed by atoms with Crippen LogP contribution in [0.25, 0.3) is 0 Å². The van der Waals surface area contributed by atoms with E-state index >= 15 is 0 Å². The molecule has 0 aliphatic carbocycles.